The molecule has 0 N–H and O–H groups in total. The molecule has 5 rings (SSSR count). The molecule has 3 heterocycles. The molecule has 2 aliphatic heterocycles. The van der Waals surface area contributed by atoms with Crippen LogP contribution in [0.2, 0.25) is 0 Å². The SMILES string of the molecule is O=C1N(Cc2cccc(F)c2F)CCC[C@]12CCN(c1nc3ccccc3o1)C2. The lowest BCUT2D eigenvalue weighted by atomic mass is 9.78. The molecule has 150 valence electrons. The van der Waals surface area contributed by atoms with Gasteiger partial charge in [-0.05, 0) is 37.5 Å². The van der Waals surface area contributed by atoms with E-state index < -0.39 is 17.0 Å². The average Bonchev–Trinajstić information content (AvgIpc) is 3.34. The van der Waals surface area contributed by atoms with Gasteiger partial charge in [0.15, 0.2) is 17.2 Å². The number of hydrogen-bond donors (Lipinski definition) is 0. The van der Waals surface area contributed by atoms with Gasteiger partial charge in [0.05, 0.1) is 5.41 Å². The normalized spacial score (nSPS) is 22.2. The molecule has 0 bridgehead atoms. The maximum absolute atomic E-state index is 14.1. The van der Waals surface area contributed by atoms with Crippen LogP contribution in [0.4, 0.5) is 14.8 Å². The lowest BCUT2D eigenvalue weighted by molar-refractivity contribution is -0.145. The predicted octanol–water partition coefficient (Wildman–Crippen LogP) is 4.13. The van der Waals surface area contributed by atoms with Gasteiger partial charge in [-0.25, -0.2) is 8.78 Å². The van der Waals surface area contributed by atoms with E-state index in [1.807, 2.05) is 29.2 Å². The Hall–Kier alpha value is -2.96. The topological polar surface area (TPSA) is 49.6 Å². The number of fused-ring (bicyclic) bond motifs is 1. The molecular formula is C22H21F2N3O2. The van der Waals surface area contributed by atoms with Crippen molar-refractivity contribution in [3.63, 3.8) is 0 Å². The predicted molar refractivity (Wildman–Crippen MR) is 104 cm³/mol. The first kappa shape index (κ1) is 18.1. The molecule has 2 aliphatic rings. The van der Waals surface area contributed by atoms with Crippen LogP contribution in [0.1, 0.15) is 24.8 Å². The second kappa shape index (κ2) is 6.83. The Morgan fingerprint density at radius 1 is 1.07 bits per heavy atom. The number of benzene rings is 2. The van der Waals surface area contributed by atoms with Crippen LogP contribution in [0.3, 0.4) is 0 Å². The van der Waals surface area contributed by atoms with Crippen molar-refractivity contribution >= 4 is 23.0 Å². The zero-order valence-electron chi connectivity index (χ0n) is 15.9. The average molecular weight is 397 g/mol. The van der Waals surface area contributed by atoms with Gasteiger partial charge in [0.1, 0.15) is 5.52 Å². The van der Waals surface area contributed by atoms with Crippen LogP contribution in [-0.2, 0) is 11.3 Å². The van der Waals surface area contributed by atoms with Crippen molar-refractivity contribution in [1.29, 1.82) is 0 Å². The molecule has 2 aromatic carbocycles. The first-order valence-electron chi connectivity index (χ1n) is 9.89. The van der Waals surface area contributed by atoms with Crippen LogP contribution in [0, 0.1) is 17.0 Å². The summed E-state index contributed by atoms with van der Waals surface area (Å²) < 4.78 is 33.5. The molecule has 1 spiro atoms. The minimum Gasteiger partial charge on any atom is -0.423 e. The van der Waals surface area contributed by atoms with Crippen molar-refractivity contribution in [2.45, 2.75) is 25.8 Å². The van der Waals surface area contributed by atoms with Gasteiger partial charge in [-0.3, -0.25) is 4.79 Å². The summed E-state index contributed by atoms with van der Waals surface area (Å²) in [6.07, 6.45) is 2.32. The van der Waals surface area contributed by atoms with E-state index in [0.717, 1.165) is 30.0 Å². The van der Waals surface area contributed by atoms with E-state index in [1.54, 1.807) is 4.90 Å². The molecule has 1 aromatic heterocycles. The Balaban J connectivity index is 1.36. The fourth-order valence-corrected chi connectivity index (χ4v) is 4.59. The third-order valence-corrected chi connectivity index (χ3v) is 6.12. The van der Waals surface area contributed by atoms with Gasteiger partial charge in [-0.15, -0.1) is 0 Å². The molecule has 0 radical (unpaired) electrons. The molecule has 3 aromatic rings. The first-order valence-corrected chi connectivity index (χ1v) is 9.89. The van der Waals surface area contributed by atoms with E-state index in [-0.39, 0.29) is 18.0 Å². The Bertz CT molecular complexity index is 1050. The Morgan fingerprint density at radius 2 is 1.93 bits per heavy atom. The maximum atomic E-state index is 14.1. The highest BCUT2D eigenvalue weighted by molar-refractivity contribution is 5.85. The van der Waals surface area contributed by atoms with Crippen molar-refractivity contribution in [2.75, 3.05) is 24.5 Å². The summed E-state index contributed by atoms with van der Waals surface area (Å²) in [5, 5.41) is 0. The van der Waals surface area contributed by atoms with Crippen molar-refractivity contribution < 1.29 is 18.0 Å². The second-order valence-electron chi connectivity index (χ2n) is 7.96. The summed E-state index contributed by atoms with van der Waals surface area (Å²) in [7, 11) is 0. The first-order chi connectivity index (χ1) is 14.1. The monoisotopic (exact) mass is 397 g/mol. The highest BCUT2D eigenvalue weighted by Crippen LogP contribution is 2.42. The minimum absolute atomic E-state index is 0.00558. The zero-order chi connectivity index (χ0) is 20.0. The number of hydrogen-bond acceptors (Lipinski definition) is 4. The minimum atomic E-state index is -0.885. The van der Waals surface area contributed by atoms with E-state index in [0.29, 0.717) is 32.1 Å². The standard InChI is InChI=1S/C22H21F2N3O2/c23-16-6-3-5-15(19(16)24)13-26-11-4-9-22(20(26)28)10-12-27(14-22)21-25-17-7-1-2-8-18(17)29-21/h1-3,5-8H,4,9-14H2/t22-/m1/s1. The van der Waals surface area contributed by atoms with Gasteiger partial charge in [0.25, 0.3) is 6.01 Å². The van der Waals surface area contributed by atoms with Gasteiger partial charge < -0.3 is 14.2 Å². The Kier molecular flexibility index (Phi) is 4.26. The van der Waals surface area contributed by atoms with E-state index in [1.165, 1.54) is 12.1 Å². The molecule has 7 heteroatoms. The molecular weight excluding hydrogens is 376 g/mol. The summed E-state index contributed by atoms with van der Waals surface area (Å²) in [4.78, 5) is 21.6. The second-order valence-corrected chi connectivity index (χ2v) is 7.96. The Labute approximate surface area is 166 Å². The number of nitrogens with zero attached hydrogens (tertiary/aromatic N) is 3. The largest absolute Gasteiger partial charge is 0.423 e. The number of oxazole rings is 1. The number of anilines is 1. The zero-order valence-corrected chi connectivity index (χ0v) is 15.9. The molecule has 29 heavy (non-hydrogen) atoms. The van der Waals surface area contributed by atoms with Gasteiger partial charge in [-0.2, -0.15) is 4.98 Å². The lowest BCUT2D eigenvalue weighted by Gasteiger charge is -2.39. The van der Waals surface area contributed by atoms with Crippen LogP contribution < -0.4 is 4.90 Å². The summed E-state index contributed by atoms with van der Waals surface area (Å²) in [6.45, 7) is 1.86. The summed E-state index contributed by atoms with van der Waals surface area (Å²) in [6, 6.07) is 12.2. The number of carbonyl (C=O) groups excluding carboxylic acids is 1. The number of piperidine rings is 1. The number of aromatic nitrogens is 1. The van der Waals surface area contributed by atoms with E-state index in [4.69, 9.17) is 4.42 Å². The van der Waals surface area contributed by atoms with Gasteiger partial charge in [0, 0.05) is 31.7 Å². The number of rotatable bonds is 3. The van der Waals surface area contributed by atoms with Gasteiger partial charge >= 0.3 is 0 Å². The number of likely N-dealkylation sites (tertiary alicyclic amines) is 1. The van der Waals surface area contributed by atoms with Crippen LogP contribution in [0.5, 0.6) is 0 Å². The molecule has 1 atom stereocenters. The molecule has 0 unspecified atom stereocenters. The fraction of sp³-hybridized carbons (Fsp3) is 0.364. The number of carbonyl (C=O) groups is 1. The van der Waals surface area contributed by atoms with E-state index in [2.05, 4.69) is 4.98 Å². The highest BCUT2D eigenvalue weighted by Gasteiger charge is 2.49. The Morgan fingerprint density at radius 3 is 2.79 bits per heavy atom. The van der Waals surface area contributed by atoms with Crippen molar-refractivity contribution in [3.8, 4) is 0 Å². The maximum Gasteiger partial charge on any atom is 0.298 e. The number of amides is 1. The van der Waals surface area contributed by atoms with Crippen LogP contribution in [-0.4, -0.2) is 35.4 Å². The van der Waals surface area contributed by atoms with Crippen molar-refractivity contribution in [1.82, 2.24) is 9.88 Å². The quantitative estimate of drug-likeness (QED) is 0.667. The van der Waals surface area contributed by atoms with Gasteiger partial charge in [0.2, 0.25) is 5.91 Å². The number of para-hydroxylation sites is 2. The van der Waals surface area contributed by atoms with Crippen molar-refractivity contribution in [3.05, 3.63) is 59.7 Å². The molecule has 0 saturated carbocycles. The smallest absolute Gasteiger partial charge is 0.298 e. The van der Waals surface area contributed by atoms with Crippen molar-refractivity contribution in [2.24, 2.45) is 5.41 Å². The fourth-order valence-electron chi connectivity index (χ4n) is 4.59. The van der Waals surface area contributed by atoms with Crippen LogP contribution in [0.25, 0.3) is 11.1 Å². The third kappa shape index (κ3) is 3.05. The summed E-state index contributed by atoms with van der Waals surface area (Å²) in [5.41, 5.74) is 1.20. The summed E-state index contributed by atoms with van der Waals surface area (Å²) in [5.74, 6) is -1.75. The molecule has 2 saturated heterocycles. The van der Waals surface area contributed by atoms with Gasteiger partial charge in [-0.1, -0.05) is 24.3 Å². The van der Waals surface area contributed by atoms with E-state index >= 15 is 0 Å². The molecule has 0 aliphatic carbocycles. The van der Waals surface area contributed by atoms with E-state index in [9.17, 15) is 13.6 Å². The van der Waals surface area contributed by atoms with Crippen LogP contribution >= 0.6 is 0 Å². The third-order valence-electron chi connectivity index (χ3n) is 6.12. The molecule has 2 fully saturated rings. The molecule has 1 amide bonds. The molecule has 5 nitrogen and oxygen atoms in total. The van der Waals surface area contributed by atoms with Crippen LogP contribution in [0.15, 0.2) is 46.9 Å². The highest BCUT2D eigenvalue weighted by atomic mass is 19.2. The lowest BCUT2D eigenvalue weighted by Crippen LogP contribution is -2.49. The summed E-state index contributed by atoms with van der Waals surface area (Å²) >= 11 is 0. The number of halogens is 2.